The number of carbonyl (C=O) groups excluding carboxylic acids is 1. The van der Waals surface area contributed by atoms with E-state index >= 15 is 0 Å². The molecule has 1 aliphatic heterocycles. The molecule has 0 aromatic carbocycles. The molecule has 0 atom stereocenters. The van der Waals surface area contributed by atoms with Crippen LogP contribution >= 0.6 is 0 Å². The Bertz CT molecular complexity index is 1140. The first kappa shape index (κ1) is 18.5. The second kappa shape index (κ2) is 7.30. The largest absolute Gasteiger partial charge is 0.378 e. The number of morpholine rings is 1. The van der Waals surface area contributed by atoms with Gasteiger partial charge in [-0.15, -0.1) is 0 Å². The first-order chi connectivity index (χ1) is 13.5. The molecule has 1 fully saturated rings. The summed E-state index contributed by atoms with van der Waals surface area (Å²) in [6.07, 6.45) is 6.19. The molecule has 3 aromatic rings. The summed E-state index contributed by atoms with van der Waals surface area (Å²) in [4.78, 5) is 23.0. The third kappa shape index (κ3) is 3.37. The number of hydrogen-bond donors (Lipinski definition) is 1. The van der Waals surface area contributed by atoms with Crippen molar-refractivity contribution in [1.29, 1.82) is 0 Å². The van der Waals surface area contributed by atoms with Crippen LogP contribution < -0.4 is 4.72 Å². The zero-order valence-electron chi connectivity index (χ0n) is 15.2. The summed E-state index contributed by atoms with van der Waals surface area (Å²) in [6, 6.07) is 5.14. The molecular formula is C18H19N5O4S. The molecule has 146 valence electrons. The lowest BCUT2D eigenvalue weighted by Crippen LogP contribution is -2.41. The maximum absolute atomic E-state index is 12.9. The number of fused-ring (bicyclic) bond motifs is 1. The molecular weight excluding hydrogens is 382 g/mol. The Hall–Kier alpha value is -2.82. The highest BCUT2D eigenvalue weighted by Gasteiger charge is 2.22. The molecule has 1 aliphatic rings. The highest BCUT2D eigenvalue weighted by atomic mass is 32.2. The van der Waals surface area contributed by atoms with Gasteiger partial charge in [-0.3, -0.25) is 14.2 Å². The number of carbonyl (C=O) groups is 1. The molecule has 1 amide bonds. The molecule has 4 rings (SSSR count). The summed E-state index contributed by atoms with van der Waals surface area (Å²) in [7, 11) is -2.25. The van der Waals surface area contributed by atoms with Crippen molar-refractivity contribution in [3.05, 3.63) is 48.7 Å². The van der Waals surface area contributed by atoms with Gasteiger partial charge in [0.15, 0.2) is 0 Å². The summed E-state index contributed by atoms with van der Waals surface area (Å²) >= 11 is 0. The van der Waals surface area contributed by atoms with E-state index in [9.17, 15) is 13.2 Å². The van der Waals surface area contributed by atoms with E-state index in [1.165, 1.54) is 13.2 Å². The molecule has 4 heterocycles. The van der Waals surface area contributed by atoms with E-state index in [0.29, 0.717) is 43.2 Å². The molecule has 9 nitrogen and oxygen atoms in total. The van der Waals surface area contributed by atoms with Gasteiger partial charge in [0.05, 0.1) is 19.4 Å². The van der Waals surface area contributed by atoms with E-state index in [1.807, 2.05) is 6.07 Å². The fourth-order valence-corrected chi connectivity index (χ4v) is 3.80. The van der Waals surface area contributed by atoms with Gasteiger partial charge < -0.3 is 9.64 Å². The Morgan fingerprint density at radius 3 is 2.68 bits per heavy atom. The third-order valence-electron chi connectivity index (χ3n) is 4.65. The Kier molecular flexibility index (Phi) is 4.84. The van der Waals surface area contributed by atoms with Crippen LogP contribution in [0.2, 0.25) is 0 Å². The number of pyridine rings is 2. The summed E-state index contributed by atoms with van der Waals surface area (Å²) in [5.74, 6) is -0.113. The van der Waals surface area contributed by atoms with E-state index in [-0.39, 0.29) is 10.8 Å². The quantitative estimate of drug-likeness (QED) is 0.692. The maximum atomic E-state index is 12.9. The Balaban J connectivity index is 1.74. The summed E-state index contributed by atoms with van der Waals surface area (Å²) in [5, 5.41) is 0. The second-order valence-electron chi connectivity index (χ2n) is 6.31. The topological polar surface area (TPSA) is 106 Å². The van der Waals surface area contributed by atoms with Gasteiger partial charge in [0.25, 0.3) is 5.91 Å². The van der Waals surface area contributed by atoms with Crippen molar-refractivity contribution in [2.45, 2.75) is 4.90 Å². The molecule has 0 spiro atoms. The summed E-state index contributed by atoms with van der Waals surface area (Å²) in [5.41, 5.74) is 2.43. The molecule has 0 radical (unpaired) electrons. The van der Waals surface area contributed by atoms with Crippen LogP contribution in [0.4, 0.5) is 0 Å². The number of rotatable bonds is 4. The zero-order valence-corrected chi connectivity index (χ0v) is 16.0. The first-order valence-corrected chi connectivity index (χ1v) is 10.2. The Morgan fingerprint density at radius 2 is 1.93 bits per heavy atom. The highest BCUT2D eigenvalue weighted by molar-refractivity contribution is 7.89. The van der Waals surface area contributed by atoms with Gasteiger partial charge in [-0.1, -0.05) is 0 Å². The molecule has 28 heavy (non-hydrogen) atoms. The lowest BCUT2D eigenvalue weighted by atomic mass is 10.1. The fourth-order valence-electron chi connectivity index (χ4n) is 3.08. The van der Waals surface area contributed by atoms with E-state index in [1.54, 1.807) is 40.0 Å². The van der Waals surface area contributed by atoms with Gasteiger partial charge in [-0.25, -0.2) is 18.1 Å². The Labute approximate surface area is 162 Å². The number of hydrogen-bond acceptors (Lipinski definition) is 6. The average Bonchev–Trinajstić information content (AvgIpc) is 3.17. The number of nitrogens with one attached hydrogen (secondary N) is 1. The lowest BCUT2D eigenvalue weighted by Gasteiger charge is -2.26. The molecule has 1 N–H and O–H groups in total. The van der Waals surface area contributed by atoms with Crippen LogP contribution in [0.15, 0.2) is 47.9 Å². The van der Waals surface area contributed by atoms with Crippen molar-refractivity contribution < 1.29 is 17.9 Å². The smallest absolute Gasteiger partial charge is 0.272 e. The van der Waals surface area contributed by atoms with Gasteiger partial charge >= 0.3 is 0 Å². The number of imidazole rings is 1. The van der Waals surface area contributed by atoms with E-state index in [2.05, 4.69) is 14.7 Å². The summed E-state index contributed by atoms with van der Waals surface area (Å²) < 4.78 is 33.4. The minimum absolute atomic E-state index is 0.0721. The van der Waals surface area contributed by atoms with Gasteiger partial charge in [0, 0.05) is 42.8 Å². The van der Waals surface area contributed by atoms with E-state index < -0.39 is 10.0 Å². The van der Waals surface area contributed by atoms with Crippen LogP contribution in [0, 0.1) is 0 Å². The molecule has 3 aromatic heterocycles. The monoisotopic (exact) mass is 401 g/mol. The Morgan fingerprint density at radius 1 is 1.14 bits per heavy atom. The average molecular weight is 401 g/mol. The van der Waals surface area contributed by atoms with Crippen LogP contribution in [-0.4, -0.2) is 66.9 Å². The van der Waals surface area contributed by atoms with Gasteiger partial charge in [-0.05, 0) is 25.2 Å². The summed E-state index contributed by atoms with van der Waals surface area (Å²) in [6.45, 7) is 2.12. The SMILES string of the molecule is CNS(=O)(=O)c1cncc(-c2ccc3ncc(C(=O)N4CCOCC4)n3c2)c1. The van der Waals surface area contributed by atoms with Crippen molar-refractivity contribution in [2.75, 3.05) is 33.4 Å². The molecule has 0 saturated carbocycles. The molecule has 0 aliphatic carbocycles. The molecule has 1 saturated heterocycles. The maximum Gasteiger partial charge on any atom is 0.272 e. The number of aromatic nitrogens is 3. The van der Waals surface area contributed by atoms with Crippen molar-refractivity contribution >= 4 is 21.6 Å². The molecule has 0 bridgehead atoms. The van der Waals surface area contributed by atoms with E-state index in [4.69, 9.17) is 4.74 Å². The van der Waals surface area contributed by atoms with Crippen LogP contribution in [-0.2, 0) is 14.8 Å². The van der Waals surface area contributed by atoms with Crippen LogP contribution in [0.5, 0.6) is 0 Å². The third-order valence-corrected chi connectivity index (χ3v) is 6.03. The first-order valence-electron chi connectivity index (χ1n) is 8.73. The van der Waals surface area contributed by atoms with E-state index in [0.717, 1.165) is 5.56 Å². The highest BCUT2D eigenvalue weighted by Crippen LogP contribution is 2.23. The van der Waals surface area contributed by atoms with Crippen molar-refractivity contribution in [3.63, 3.8) is 0 Å². The van der Waals surface area contributed by atoms with Crippen molar-refractivity contribution in [2.24, 2.45) is 0 Å². The second-order valence-corrected chi connectivity index (χ2v) is 8.20. The minimum Gasteiger partial charge on any atom is -0.378 e. The number of amides is 1. The van der Waals surface area contributed by atoms with Crippen molar-refractivity contribution in [3.8, 4) is 11.1 Å². The van der Waals surface area contributed by atoms with Crippen LogP contribution in [0.25, 0.3) is 16.8 Å². The minimum atomic E-state index is -3.60. The number of nitrogens with zero attached hydrogens (tertiary/aromatic N) is 4. The lowest BCUT2D eigenvalue weighted by molar-refractivity contribution is 0.0298. The molecule has 10 heteroatoms. The van der Waals surface area contributed by atoms with Gasteiger partial charge in [-0.2, -0.15) is 0 Å². The predicted molar refractivity (Wildman–Crippen MR) is 101 cm³/mol. The van der Waals surface area contributed by atoms with Gasteiger partial charge in [0.2, 0.25) is 10.0 Å². The predicted octanol–water partition coefficient (Wildman–Crippen LogP) is 0.777. The zero-order chi connectivity index (χ0) is 19.7. The molecule has 0 unspecified atom stereocenters. The fraction of sp³-hybridized carbons (Fsp3) is 0.278. The van der Waals surface area contributed by atoms with Crippen molar-refractivity contribution in [1.82, 2.24) is 24.0 Å². The van der Waals surface area contributed by atoms with Crippen LogP contribution in [0.1, 0.15) is 10.5 Å². The van der Waals surface area contributed by atoms with Crippen LogP contribution in [0.3, 0.4) is 0 Å². The number of sulfonamides is 1. The number of ether oxygens (including phenoxy) is 1. The normalized spacial score (nSPS) is 15.1. The van der Waals surface area contributed by atoms with Gasteiger partial charge in [0.1, 0.15) is 16.2 Å². The standard InChI is InChI=1S/C18H19N5O4S/c1-19-28(25,26)15-8-14(9-20-10-15)13-2-3-17-21-11-16(23(17)12-13)18(24)22-4-6-27-7-5-22/h2-3,8-12,19H,4-7H2,1H3.